The van der Waals surface area contributed by atoms with Gasteiger partial charge in [-0.1, -0.05) is 0 Å². The maximum absolute atomic E-state index is 12.2. The Morgan fingerprint density at radius 1 is 1.50 bits per heavy atom. The molecule has 2 heterocycles. The van der Waals surface area contributed by atoms with Gasteiger partial charge in [0.15, 0.2) is 0 Å². The molecule has 1 aliphatic rings. The Kier molecular flexibility index (Phi) is 4.07. The van der Waals surface area contributed by atoms with Crippen LogP contribution in [0.5, 0.6) is 0 Å². The van der Waals surface area contributed by atoms with Crippen LogP contribution in [-0.2, 0) is 11.2 Å². The van der Waals surface area contributed by atoms with E-state index in [0.29, 0.717) is 6.42 Å². The molecule has 1 aliphatic heterocycles. The van der Waals surface area contributed by atoms with Gasteiger partial charge in [0.1, 0.15) is 0 Å². The number of rotatable bonds is 4. The Balaban J connectivity index is 1.80. The van der Waals surface area contributed by atoms with E-state index in [1.165, 1.54) is 5.69 Å². The van der Waals surface area contributed by atoms with Crippen LogP contribution in [0.3, 0.4) is 0 Å². The highest BCUT2D eigenvalue weighted by atomic mass is 16.2. The lowest BCUT2D eigenvalue weighted by molar-refractivity contribution is -0.137. The van der Waals surface area contributed by atoms with E-state index in [0.717, 1.165) is 32.5 Å². The third kappa shape index (κ3) is 3.13. The van der Waals surface area contributed by atoms with Gasteiger partial charge in [0.25, 0.3) is 0 Å². The molecule has 2 rings (SSSR count). The van der Waals surface area contributed by atoms with Crippen LogP contribution in [0.2, 0.25) is 0 Å². The van der Waals surface area contributed by atoms with Gasteiger partial charge in [-0.3, -0.25) is 4.79 Å². The number of H-pyrrole nitrogens is 1. The van der Waals surface area contributed by atoms with E-state index in [4.69, 9.17) is 0 Å². The van der Waals surface area contributed by atoms with Gasteiger partial charge in [-0.05, 0) is 38.8 Å². The molecule has 0 aromatic carbocycles. The molecule has 0 aliphatic carbocycles. The molecule has 0 spiro atoms. The maximum Gasteiger partial charge on any atom is 0.223 e. The highest BCUT2D eigenvalue weighted by Gasteiger charge is 2.32. The molecular formula is C14H23N3O. The molecule has 1 fully saturated rings. The Hall–Kier alpha value is -1.29. The molecule has 0 unspecified atom stereocenters. The lowest BCUT2D eigenvalue weighted by atomic mass is 9.99. The van der Waals surface area contributed by atoms with E-state index in [1.807, 2.05) is 17.2 Å². The van der Waals surface area contributed by atoms with Crippen molar-refractivity contribution in [2.45, 2.75) is 38.6 Å². The summed E-state index contributed by atoms with van der Waals surface area (Å²) in [5.41, 5.74) is 1.16. The van der Waals surface area contributed by atoms with Crippen LogP contribution < -0.4 is 5.32 Å². The summed E-state index contributed by atoms with van der Waals surface area (Å²) in [4.78, 5) is 17.4. The largest absolute Gasteiger partial charge is 0.365 e. The van der Waals surface area contributed by atoms with Crippen molar-refractivity contribution in [2.75, 3.05) is 19.6 Å². The first kappa shape index (κ1) is 13.1. The number of nitrogens with zero attached hydrogens (tertiary/aromatic N) is 1. The van der Waals surface area contributed by atoms with Gasteiger partial charge < -0.3 is 15.2 Å². The van der Waals surface area contributed by atoms with Gasteiger partial charge in [0.2, 0.25) is 5.91 Å². The highest BCUT2D eigenvalue weighted by molar-refractivity contribution is 5.77. The molecule has 1 aromatic rings. The fourth-order valence-corrected chi connectivity index (χ4v) is 2.53. The number of carbonyl (C=O) groups is 1. The quantitative estimate of drug-likeness (QED) is 0.850. The van der Waals surface area contributed by atoms with Crippen LogP contribution in [-0.4, -0.2) is 41.0 Å². The molecule has 1 aromatic heterocycles. The zero-order valence-corrected chi connectivity index (χ0v) is 11.3. The molecule has 4 nitrogen and oxygen atoms in total. The Morgan fingerprint density at radius 2 is 2.33 bits per heavy atom. The third-order valence-corrected chi connectivity index (χ3v) is 3.60. The molecule has 1 saturated heterocycles. The summed E-state index contributed by atoms with van der Waals surface area (Å²) in [6.07, 6.45) is 4.43. The van der Waals surface area contributed by atoms with Crippen LogP contribution in [0.15, 0.2) is 18.3 Å². The highest BCUT2D eigenvalue weighted by Crippen LogP contribution is 2.18. The fourth-order valence-electron chi connectivity index (χ4n) is 2.53. The molecule has 1 amide bonds. The molecule has 0 radical (unpaired) electrons. The standard InChI is InChI=1S/C14H23N3O/c1-14(2)11-15-9-10-17(14)13(18)7-3-5-12-6-4-8-16-12/h4,6,8,15-16H,3,5,7,9-11H2,1-2H3. The number of hydrogen-bond acceptors (Lipinski definition) is 2. The number of aryl methyl sites for hydroxylation is 1. The second-order valence-electron chi connectivity index (χ2n) is 5.58. The minimum Gasteiger partial charge on any atom is -0.365 e. The number of piperazine rings is 1. The maximum atomic E-state index is 12.2. The van der Waals surface area contributed by atoms with Gasteiger partial charge in [-0.2, -0.15) is 0 Å². The van der Waals surface area contributed by atoms with Crippen molar-refractivity contribution in [1.29, 1.82) is 0 Å². The second kappa shape index (κ2) is 5.57. The Labute approximate surface area is 109 Å². The predicted octanol–water partition coefficient (Wildman–Crippen LogP) is 1.55. The zero-order valence-electron chi connectivity index (χ0n) is 11.3. The summed E-state index contributed by atoms with van der Waals surface area (Å²) in [6, 6.07) is 4.07. The van der Waals surface area contributed by atoms with Gasteiger partial charge in [-0.15, -0.1) is 0 Å². The Bertz CT molecular complexity index is 384. The zero-order chi connectivity index (χ0) is 13.0. The third-order valence-electron chi connectivity index (χ3n) is 3.60. The number of amides is 1. The number of carbonyl (C=O) groups excluding carboxylic acids is 1. The summed E-state index contributed by atoms with van der Waals surface area (Å²) in [6.45, 7) is 6.87. The van der Waals surface area contributed by atoms with Crippen LogP contribution in [0.1, 0.15) is 32.4 Å². The SMILES string of the molecule is CC1(C)CNCCN1C(=O)CCCc1ccc[nH]1. The Morgan fingerprint density at radius 3 is 3.00 bits per heavy atom. The molecule has 0 bridgehead atoms. The smallest absolute Gasteiger partial charge is 0.223 e. The van der Waals surface area contributed by atoms with E-state index in [2.05, 4.69) is 30.2 Å². The summed E-state index contributed by atoms with van der Waals surface area (Å²) >= 11 is 0. The summed E-state index contributed by atoms with van der Waals surface area (Å²) in [5, 5.41) is 3.34. The molecule has 0 saturated carbocycles. The van der Waals surface area contributed by atoms with Crippen molar-refractivity contribution >= 4 is 5.91 Å². The minimum absolute atomic E-state index is 0.0538. The van der Waals surface area contributed by atoms with E-state index in [-0.39, 0.29) is 11.4 Å². The topological polar surface area (TPSA) is 48.1 Å². The van der Waals surface area contributed by atoms with E-state index < -0.39 is 0 Å². The van der Waals surface area contributed by atoms with Gasteiger partial charge in [0.05, 0.1) is 0 Å². The van der Waals surface area contributed by atoms with Crippen molar-refractivity contribution < 1.29 is 4.79 Å². The van der Waals surface area contributed by atoms with E-state index in [1.54, 1.807) is 0 Å². The molecule has 2 N–H and O–H groups in total. The first-order valence-electron chi connectivity index (χ1n) is 6.73. The van der Waals surface area contributed by atoms with Gasteiger partial charge in [0, 0.05) is 43.5 Å². The minimum atomic E-state index is -0.0538. The average Bonchev–Trinajstić information content (AvgIpc) is 2.81. The van der Waals surface area contributed by atoms with E-state index in [9.17, 15) is 4.79 Å². The van der Waals surface area contributed by atoms with Crippen molar-refractivity contribution in [1.82, 2.24) is 15.2 Å². The van der Waals surface area contributed by atoms with E-state index >= 15 is 0 Å². The summed E-state index contributed by atoms with van der Waals surface area (Å²) in [7, 11) is 0. The van der Waals surface area contributed by atoms with Gasteiger partial charge in [-0.25, -0.2) is 0 Å². The summed E-state index contributed by atoms with van der Waals surface area (Å²) in [5.74, 6) is 0.285. The number of aromatic amines is 1. The first-order chi connectivity index (χ1) is 8.59. The van der Waals surface area contributed by atoms with Crippen LogP contribution >= 0.6 is 0 Å². The molecule has 100 valence electrons. The molecular weight excluding hydrogens is 226 g/mol. The van der Waals surface area contributed by atoms with Crippen molar-refractivity contribution in [3.05, 3.63) is 24.0 Å². The summed E-state index contributed by atoms with van der Waals surface area (Å²) < 4.78 is 0. The molecule has 18 heavy (non-hydrogen) atoms. The number of nitrogens with one attached hydrogen (secondary N) is 2. The lowest BCUT2D eigenvalue weighted by Crippen LogP contribution is -2.59. The fraction of sp³-hybridized carbons (Fsp3) is 0.643. The number of aromatic nitrogens is 1. The first-order valence-corrected chi connectivity index (χ1v) is 6.73. The molecule has 0 atom stereocenters. The normalized spacial score (nSPS) is 18.9. The number of hydrogen-bond donors (Lipinski definition) is 2. The van der Waals surface area contributed by atoms with Crippen molar-refractivity contribution in [3.8, 4) is 0 Å². The predicted molar refractivity (Wildman–Crippen MR) is 72.4 cm³/mol. The van der Waals surface area contributed by atoms with Crippen LogP contribution in [0.25, 0.3) is 0 Å². The van der Waals surface area contributed by atoms with Gasteiger partial charge >= 0.3 is 0 Å². The van der Waals surface area contributed by atoms with Crippen molar-refractivity contribution in [2.24, 2.45) is 0 Å². The van der Waals surface area contributed by atoms with Crippen molar-refractivity contribution in [3.63, 3.8) is 0 Å². The molecule has 4 heteroatoms. The monoisotopic (exact) mass is 249 g/mol. The second-order valence-corrected chi connectivity index (χ2v) is 5.58. The lowest BCUT2D eigenvalue weighted by Gasteiger charge is -2.43. The average molecular weight is 249 g/mol. The van der Waals surface area contributed by atoms with Crippen LogP contribution in [0, 0.1) is 0 Å². The van der Waals surface area contributed by atoms with Crippen LogP contribution in [0.4, 0.5) is 0 Å².